The van der Waals surface area contributed by atoms with Crippen LogP contribution in [0.1, 0.15) is 32.0 Å². The standard InChI is InChI=1S/C24H16Br2N2O2/c25-17-11-9-15(10-12-17)22(29)20-19(16-7-4-8-18(26)13-16)21(28-24(20)27)23(30)14-5-2-1-3-6-14/h1-13,28H,27H2. The molecule has 4 rings (SSSR count). The van der Waals surface area contributed by atoms with Gasteiger partial charge >= 0.3 is 0 Å². The van der Waals surface area contributed by atoms with Gasteiger partial charge in [0.15, 0.2) is 5.78 Å². The first kappa shape index (κ1) is 20.3. The molecule has 1 heterocycles. The average molecular weight is 524 g/mol. The van der Waals surface area contributed by atoms with Crippen LogP contribution in [0.5, 0.6) is 0 Å². The van der Waals surface area contributed by atoms with E-state index in [0.717, 1.165) is 14.5 Å². The number of benzene rings is 3. The highest BCUT2D eigenvalue weighted by Crippen LogP contribution is 2.36. The molecule has 0 fully saturated rings. The lowest BCUT2D eigenvalue weighted by Crippen LogP contribution is -2.06. The summed E-state index contributed by atoms with van der Waals surface area (Å²) >= 11 is 6.85. The molecule has 0 saturated carbocycles. The zero-order valence-electron chi connectivity index (χ0n) is 15.7. The quantitative estimate of drug-likeness (QED) is 0.303. The lowest BCUT2D eigenvalue weighted by molar-refractivity contribution is 0.103. The maximum Gasteiger partial charge on any atom is 0.209 e. The van der Waals surface area contributed by atoms with E-state index in [1.807, 2.05) is 30.3 Å². The molecule has 1 aromatic heterocycles. The van der Waals surface area contributed by atoms with Crippen molar-refractivity contribution >= 4 is 49.2 Å². The number of nitrogen functional groups attached to an aromatic ring is 1. The number of nitrogens with two attached hydrogens (primary N) is 1. The first-order chi connectivity index (χ1) is 14.5. The molecular weight excluding hydrogens is 508 g/mol. The molecule has 0 amide bonds. The fourth-order valence-electron chi connectivity index (χ4n) is 3.34. The Kier molecular flexibility index (Phi) is 5.70. The van der Waals surface area contributed by atoms with Gasteiger partial charge in [-0.25, -0.2) is 0 Å². The van der Waals surface area contributed by atoms with Crippen LogP contribution in [0.2, 0.25) is 0 Å². The highest BCUT2D eigenvalue weighted by Gasteiger charge is 2.27. The van der Waals surface area contributed by atoms with Gasteiger partial charge in [-0.3, -0.25) is 9.59 Å². The SMILES string of the molecule is Nc1[nH]c(C(=O)c2ccccc2)c(-c2cccc(Br)c2)c1C(=O)c1ccc(Br)cc1. The van der Waals surface area contributed by atoms with Crippen molar-refractivity contribution < 1.29 is 9.59 Å². The highest BCUT2D eigenvalue weighted by atomic mass is 79.9. The van der Waals surface area contributed by atoms with Crippen LogP contribution in [0.25, 0.3) is 11.1 Å². The molecule has 0 unspecified atom stereocenters. The van der Waals surface area contributed by atoms with Gasteiger partial charge in [0, 0.05) is 25.6 Å². The van der Waals surface area contributed by atoms with Crippen LogP contribution in [0.3, 0.4) is 0 Å². The van der Waals surface area contributed by atoms with Crippen molar-refractivity contribution in [2.24, 2.45) is 0 Å². The van der Waals surface area contributed by atoms with E-state index in [4.69, 9.17) is 5.73 Å². The number of H-pyrrole nitrogens is 1. The molecule has 30 heavy (non-hydrogen) atoms. The minimum absolute atomic E-state index is 0.164. The average Bonchev–Trinajstić information content (AvgIpc) is 3.11. The number of aromatic amines is 1. The van der Waals surface area contributed by atoms with Crippen molar-refractivity contribution in [3.8, 4) is 11.1 Å². The monoisotopic (exact) mass is 522 g/mol. The van der Waals surface area contributed by atoms with E-state index < -0.39 is 0 Å². The van der Waals surface area contributed by atoms with Gasteiger partial charge in [-0.1, -0.05) is 74.3 Å². The number of aromatic nitrogens is 1. The zero-order chi connectivity index (χ0) is 21.3. The summed E-state index contributed by atoms with van der Waals surface area (Å²) in [5, 5.41) is 0. The normalized spacial score (nSPS) is 10.7. The summed E-state index contributed by atoms with van der Waals surface area (Å²) in [5.74, 6) is -0.317. The molecule has 148 valence electrons. The van der Waals surface area contributed by atoms with E-state index >= 15 is 0 Å². The molecule has 0 aliphatic carbocycles. The van der Waals surface area contributed by atoms with E-state index in [1.54, 1.807) is 48.5 Å². The van der Waals surface area contributed by atoms with E-state index in [0.29, 0.717) is 16.7 Å². The Balaban J connectivity index is 1.94. The van der Waals surface area contributed by atoms with Crippen molar-refractivity contribution in [1.29, 1.82) is 0 Å². The number of carbonyl (C=O) groups is 2. The van der Waals surface area contributed by atoms with Crippen molar-refractivity contribution in [2.45, 2.75) is 0 Å². The minimum atomic E-state index is -0.252. The second-order valence-corrected chi connectivity index (χ2v) is 8.54. The van der Waals surface area contributed by atoms with Crippen molar-refractivity contribution in [1.82, 2.24) is 4.98 Å². The third-order valence-electron chi connectivity index (χ3n) is 4.74. The summed E-state index contributed by atoms with van der Waals surface area (Å²) in [5.41, 5.74) is 9.04. The molecule has 0 aliphatic rings. The van der Waals surface area contributed by atoms with Crippen LogP contribution < -0.4 is 5.73 Å². The highest BCUT2D eigenvalue weighted by molar-refractivity contribution is 9.10. The van der Waals surface area contributed by atoms with Gasteiger partial charge in [0.05, 0.1) is 11.3 Å². The second-order valence-electron chi connectivity index (χ2n) is 6.71. The maximum atomic E-state index is 13.4. The van der Waals surface area contributed by atoms with Gasteiger partial charge in [-0.15, -0.1) is 0 Å². The maximum absolute atomic E-state index is 13.4. The molecule has 0 radical (unpaired) electrons. The Labute approximate surface area is 190 Å². The largest absolute Gasteiger partial charge is 0.385 e. The molecule has 4 aromatic rings. The fraction of sp³-hybridized carbons (Fsp3) is 0. The molecule has 4 nitrogen and oxygen atoms in total. The summed E-state index contributed by atoms with van der Waals surface area (Å²) in [6.45, 7) is 0. The molecule has 0 spiro atoms. The smallest absolute Gasteiger partial charge is 0.209 e. The minimum Gasteiger partial charge on any atom is -0.385 e. The number of hydrogen-bond acceptors (Lipinski definition) is 3. The van der Waals surface area contributed by atoms with Gasteiger partial charge in [0.25, 0.3) is 0 Å². The third-order valence-corrected chi connectivity index (χ3v) is 5.76. The molecule has 0 atom stereocenters. The molecule has 0 bridgehead atoms. The van der Waals surface area contributed by atoms with E-state index in [2.05, 4.69) is 36.8 Å². The van der Waals surface area contributed by atoms with Gasteiger partial charge < -0.3 is 10.7 Å². The Hall–Kier alpha value is -2.96. The van der Waals surface area contributed by atoms with Crippen LogP contribution in [-0.2, 0) is 0 Å². The van der Waals surface area contributed by atoms with Crippen LogP contribution in [0, 0.1) is 0 Å². The summed E-state index contributed by atoms with van der Waals surface area (Å²) in [4.78, 5) is 29.6. The number of carbonyl (C=O) groups excluding carboxylic acids is 2. The van der Waals surface area contributed by atoms with Crippen molar-refractivity contribution in [2.75, 3.05) is 5.73 Å². The van der Waals surface area contributed by atoms with Crippen LogP contribution >= 0.6 is 31.9 Å². The van der Waals surface area contributed by atoms with E-state index in [9.17, 15) is 9.59 Å². The third kappa shape index (κ3) is 3.88. The lowest BCUT2D eigenvalue weighted by Gasteiger charge is -2.09. The van der Waals surface area contributed by atoms with Crippen molar-refractivity contribution in [3.05, 3.63) is 110 Å². The summed E-state index contributed by atoms with van der Waals surface area (Å²) in [7, 11) is 0. The number of ketones is 2. The fourth-order valence-corrected chi connectivity index (χ4v) is 4.00. The Morgan fingerprint density at radius 3 is 2.07 bits per heavy atom. The predicted molar refractivity (Wildman–Crippen MR) is 126 cm³/mol. The van der Waals surface area contributed by atoms with Crippen LogP contribution in [0.15, 0.2) is 87.8 Å². The molecule has 0 saturated heterocycles. The topological polar surface area (TPSA) is 76.0 Å². The number of anilines is 1. The van der Waals surface area contributed by atoms with Gasteiger partial charge in [-0.2, -0.15) is 0 Å². The van der Waals surface area contributed by atoms with Gasteiger partial charge in [0.2, 0.25) is 5.78 Å². The Morgan fingerprint density at radius 1 is 0.733 bits per heavy atom. The zero-order valence-corrected chi connectivity index (χ0v) is 18.8. The molecule has 6 heteroatoms. The lowest BCUT2D eigenvalue weighted by atomic mass is 9.93. The predicted octanol–water partition coefficient (Wildman–Crippen LogP) is 6.25. The summed E-state index contributed by atoms with van der Waals surface area (Å²) < 4.78 is 1.70. The van der Waals surface area contributed by atoms with Crippen LogP contribution in [-0.4, -0.2) is 16.6 Å². The molecule has 3 N–H and O–H groups in total. The summed E-state index contributed by atoms with van der Waals surface area (Å²) in [6, 6.07) is 23.4. The second kappa shape index (κ2) is 8.42. The first-order valence-electron chi connectivity index (χ1n) is 9.13. The van der Waals surface area contributed by atoms with Gasteiger partial charge in [0.1, 0.15) is 5.82 Å². The Morgan fingerprint density at radius 2 is 1.40 bits per heavy atom. The molecular formula is C24H16Br2N2O2. The number of rotatable bonds is 5. The molecule has 3 aromatic carbocycles. The van der Waals surface area contributed by atoms with E-state index in [-0.39, 0.29) is 28.6 Å². The number of hydrogen-bond donors (Lipinski definition) is 2. The first-order valence-corrected chi connectivity index (χ1v) is 10.7. The van der Waals surface area contributed by atoms with E-state index in [1.165, 1.54) is 0 Å². The molecule has 0 aliphatic heterocycles. The number of nitrogens with one attached hydrogen (secondary N) is 1. The van der Waals surface area contributed by atoms with Crippen molar-refractivity contribution in [3.63, 3.8) is 0 Å². The summed E-state index contributed by atoms with van der Waals surface area (Å²) in [6.07, 6.45) is 0. The number of halogens is 2. The van der Waals surface area contributed by atoms with Gasteiger partial charge in [-0.05, 0) is 42.0 Å². The Bertz CT molecular complexity index is 1250. The van der Waals surface area contributed by atoms with Crippen LogP contribution in [0.4, 0.5) is 5.82 Å².